The number of allylic oxidation sites excluding steroid dienone is 2. The molecule has 0 unspecified atom stereocenters. The molecule has 2 aliphatic rings. The van der Waals surface area contributed by atoms with E-state index in [0.29, 0.717) is 23.3 Å². The smallest absolute Gasteiger partial charge is 0.316 e. The Balaban J connectivity index is 2.04. The number of Topliss-reactive ketones (excluding diaryl/α,β-unsaturated/α-hetero) is 1. The molecule has 3 atom stereocenters. The number of carbonyl (C=O) groups excluding carboxylic acids is 3. The second-order valence-corrected chi connectivity index (χ2v) is 6.59. The number of hydrogen-bond acceptors (Lipinski definition) is 6. The van der Waals surface area contributed by atoms with Gasteiger partial charge in [-0.2, -0.15) is 0 Å². The largest absolute Gasteiger partial charge is 0.468 e. The van der Waals surface area contributed by atoms with Crippen LogP contribution in [0, 0.1) is 22.0 Å². The molecule has 1 heterocycles. The second kappa shape index (κ2) is 6.70. The van der Waals surface area contributed by atoms with E-state index >= 15 is 0 Å². The number of benzene rings is 1. The highest BCUT2D eigenvalue weighted by atomic mass is 16.6. The number of nitro benzene ring substituents is 1. The molecular weight excluding hydrogens is 340 g/mol. The number of methoxy groups -OCH3 is 1. The normalized spacial score (nSPS) is 25.4. The Labute approximate surface area is 149 Å². The Morgan fingerprint density at radius 1 is 1.23 bits per heavy atom. The molecule has 1 N–H and O–H groups in total. The molecule has 0 fully saturated rings. The highest BCUT2D eigenvalue weighted by Crippen LogP contribution is 2.42. The summed E-state index contributed by atoms with van der Waals surface area (Å²) >= 11 is 0. The van der Waals surface area contributed by atoms with Crippen molar-refractivity contribution in [3.63, 3.8) is 0 Å². The second-order valence-electron chi connectivity index (χ2n) is 6.59. The molecule has 0 saturated carbocycles. The average molecular weight is 358 g/mol. The van der Waals surface area contributed by atoms with Gasteiger partial charge >= 0.3 is 5.97 Å². The van der Waals surface area contributed by atoms with Gasteiger partial charge in [0.2, 0.25) is 5.91 Å². The number of carbonyl (C=O) groups is 3. The molecule has 0 bridgehead atoms. The Morgan fingerprint density at radius 2 is 1.88 bits per heavy atom. The number of nitrogens with one attached hydrogen (secondary N) is 1. The zero-order valence-corrected chi connectivity index (χ0v) is 14.4. The lowest BCUT2D eigenvalue weighted by molar-refractivity contribution is -0.384. The number of ether oxygens (including phenoxy) is 1. The van der Waals surface area contributed by atoms with Crippen molar-refractivity contribution in [2.24, 2.45) is 11.8 Å². The molecule has 0 spiro atoms. The molecule has 3 rings (SSSR count). The molecule has 8 nitrogen and oxygen atoms in total. The van der Waals surface area contributed by atoms with Crippen LogP contribution in [0.1, 0.15) is 31.2 Å². The number of nitrogens with zero attached hydrogens (tertiary/aromatic N) is 1. The zero-order chi connectivity index (χ0) is 19.0. The summed E-state index contributed by atoms with van der Waals surface area (Å²) in [5.74, 6) is -2.89. The maximum atomic E-state index is 13.0. The van der Waals surface area contributed by atoms with E-state index in [0.717, 1.165) is 0 Å². The number of amides is 1. The fourth-order valence-electron chi connectivity index (χ4n) is 3.71. The van der Waals surface area contributed by atoms with Gasteiger partial charge in [0, 0.05) is 35.7 Å². The van der Waals surface area contributed by atoms with E-state index < -0.39 is 22.7 Å². The van der Waals surface area contributed by atoms with Crippen LogP contribution in [-0.2, 0) is 19.1 Å². The third kappa shape index (κ3) is 2.98. The van der Waals surface area contributed by atoms with Gasteiger partial charge in [0.1, 0.15) is 5.92 Å². The van der Waals surface area contributed by atoms with Gasteiger partial charge < -0.3 is 10.1 Å². The van der Waals surface area contributed by atoms with Crippen molar-refractivity contribution in [1.82, 2.24) is 5.32 Å². The van der Waals surface area contributed by atoms with Crippen LogP contribution in [0.4, 0.5) is 5.69 Å². The van der Waals surface area contributed by atoms with Crippen LogP contribution in [0.5, 0.6) is 0 Å². The van der Waals surface area contributed by atoms with E-state index in [1.54, 1.807) is 19.1 Å². The van der Waals surface area contributed by atoms with Crippen LogP contribution < -0.4 is 5.32 Å². The molecule has 1 aliphatic carbocycles. The molecule has 1 aromatic rings. The molecule has 1 aliphatic heterocycles. The summed E-state index contributed by atoms with van der Waals surface area (Å²) in [6.07, 6.45) is 0.431. The summed E-state index contributed by atoms with van der Waals surface area (Å²) in [4.78, 5) is 47.5. The van der Waals surface area contributed by atoms with E-state index in [-0.39, 0.29) is 29.7 Å². The van der Waals surface area contributed by atoms with E-state index in [4.69, 9.17) is 4.74 Å². The molecule has 136 valence electrons. The highest BCUT2D eigenvalue weighted by molar-refractivity contribution is 6.11. The molecule has 1 amide bonds. The summed E-state index contributed by atoms with van der Waals surface area (Å²) in [5.41, 5.74) is 1.48. The van der Waals surface area contributed by atoms with Crippen LogP contribution >= 0.6 is 0 Å². The number of ketones is 1. The Bertz CT molecular complexity index is 827. The van der Waals surface area contributed by atoms with Crippen molar-refractivity contribution < 1.29 is 24.0 Å². The van der Waals surface area contributed by atoms with Gasteiger partial charge in [0.05, 0.1) is 12.0 Å². The van der Waals surface area contributed by atoms with Crippen LogP contribution in [0.25, 0.3) is 0 Å². The van der Waals surface area contributed by atoms with Crippen molar-refractivity contribution in [1.29, 1.82) is 0 Å². The maximum Gasteiger partial charge on any atom is 0.316 e. The number of hydrogen-bond donors (Lipinski definition) is 1. The van der Waals surface area contributed by atoms with Gasteiger partial charge in [-0.1, -0.05) is 19.1 Å². The van der Waals surface area contributed by atoms with E-state index in [1.807, 2.05) is 0 Å². The van der Waals surface area contributed by atoms with Crippen molar-refractivity contribution in [3.8, 4) is 0 Å². The first-order chi connectivity index (χ1) is 12.3. The summed E-state index contributed by atoms with van der Waals surface area (Å²) < 4.78 is 4.77. The van der Waals surface area contributed by atoms with Gasteiger partial charge in [-0.15, -0.1) is 0 Å². The van der Waals surface area contributed by atoms with Gasteiger partial charge in [0.15, 0.2) is 5.78 Å². The quantitative estimate of drug-likeness (QED) is 0.381. The van der Waals surface area contributed by atoms with Crippen molar-refractivity contribution in [2.45, 2.75) is 25.7 Å². The predicted molar refractivity (Wildman–Crippen MR) is 89.9 cm³/mol. The first-order valence-electron chi connectivity index (χ1n) is 8.22. The first kappa shape index (κ1) is 17.8. The molecule has 8 heteroatoms. The third-order valence-electron chi connectivity index (χ3n) is 4.96. The molecule has 0 saturated heterocycles. The summed E-state index contributed by atoms with van der Waals surface area (Å²) in [6, 6.07) is 5.78. The fourth-order valence-corrected chi connectivity index (χ4v) is 3.71. The summed E-state index contributed by atoms with van der Waals surface area (Å²) in [6.45, 7) is 1.77. The van der Waals surface area contributed by atoms with Crippen molar-refractivity contribution >= 4 is 23.3 Å². The number of rotatable bonds is 3. The van der Waals surface area contributed by atoms with Gasteiger partial charge in [-0.25, -0.2) is 0 Å². The monoisotopic (exact) mass is 358 g/mol. The summed E-state index contributed by atoms with van der Waals surface area (Å²) in [7, 11) is 1.24. The highest BCUT2D eigenvalue weighted by Gasteiger charge is 2.45. The standard InChI is InChI=1S/C18H18N2O6/c1-9-7-13-16(17(22)15(9)18(23)26-2)12(8-14(21)19-13)10-3-5-11(6-4-10)20(24)25/h3-6,9,12,15H,7-8H2,1-2H3,(H,19,21)/t9-,12+,15+/m1/s1. The average Bonchev–Trinajstić information content (AvgIpc) is 2.60. The number of nitro groups is 1. The predicted octanol–water partition coefficient (Wildman–Crippen LogP) is 1.85. The fraction of sp³-hybridized carbons (Fsp3) is 0.389. The van der Waals surface area contributed by atoms with Crippen LogP contribution in [0.15, 0.2) is 35.5 Å². The minimum Gasteiger partial charge on any atom is -0.468 e. The molecule has 0 aromatic heterocycles. The molecule has 1 aromatic carbocycles. The third-order valence-corrected chi connectivity index (χ3v) is 4.96. The van der Waals surface area contributed by atoms with Crippen molar-refractivity contribution in [2.75, 3.05) is 7.11 Å². The topological polar surface area (TPSA) is 116 Å². The van der Waals surface area contributed by atoms with Gasteiger partial charge in [0.25, 0.3) is 5.69 Å². The molecule has 26 heavy (non-hydrogen) atoms. The van der Waals surface area contributed by atoms with Gasteiger partial charge in [-0.05, 0) is 17.9 Å². The lowest BCUT2D eigenvalue weighted by Gasteiger charge is -2.36. The SMILES string of the molecule is COC(=O)[C@@H]1C(=O)C2=C(C[C@H]1C)NC(=O)C[C@H]2c1ccc([N+](=O)[O-])cc1. The van der Waals surface area contributed by atoms with Crippen LogP contribution in [0.3, 0.4) is 0 Å². The Kier molecular flexibility index (Phi) is 4.58. The maximum absolute atomic E-state index is 13.0. The minimum atomic E-state index is -0.908. The van der Waals surface area contributed by atoms with Crippen molar-refractivity contribution in [3.05, 3.63) is 51.2 Å². The van der Waals surface area contributed by atoms with E-state index in [9.17, 15) is 24.5 Å². The first-order valence-corrected chi connectivity index (χ1v) is 8.22. The molecular formula is C18H18N2O6. The van der Waals surface area contributed by atoms with E-state index in [1.165, 1.54) is 19.2 Å². The molecule has 0 radical (unpaired) electrons. The lowest BCUT2D eigenvalue weighted by atomic mass is 9.70. The van der Waals surface area contributed by atoms with Gasteiger partial charge in [-0.3, -0.25) is 24.5 Å². The number of non-ortho nitro benzene ring substituents is 1. The zero-order valence-electron chi connectivity index (χ0n) is 14.4. The lowest BCUT2D eigenvalue weighted by Crippen LogP contribution is -2.44. The van der Waals surface area contributed by atoms with Crippen LogP contribution in [0.2, 0.25) is 0 Å². The Morgan fingerprint density at radius 3 is 2.46 bits per heavy atom. The van der Waals surface area contributed by atoms with E-state index in [2.05, 4.69) is 5.32 Å². The van der Waals surface area contributed by atoms with Crippen LogP contribution in [-0.4, -0.2) is 29.7 Å². The minimum absolute atomic E-state index is 0.0463. The summed E-state index contributed by atoms with van der Waals surface area (Å²) in [5, 5.41) is 13.6. The Hall–Kier alpha value is -3.03. The number of esters is 1.